The van der Waals surface area contributed by atoms with Crippen LogP contribution >= 0.6 is 0 Å². The maximum atomic E-state index is 14.0. The molecule has 25 heavy (non-hydrogen) atoms. The molecule has 0 fully saturated rings. The number of amides is 1. The number of benzene rings is 1. The maximum Gasteiger partial charge on any atom is 0.256 e. The number of carbonyl (C=O) groups excluding carboxylic acids is 1. The third-order valence-electron chi connectivity index (χ3n) is 3.44. The largest absolute Gasteiger partial charge is 0.342 e. The van der Waals surface area contributed by atoms with E-state index in [-0.39, 0.29) is 11.4 Å². The molecule has 8 heteroatoms. The number of aromatic nitrogens is 3. The van der Waals surface area contributed by atoms with E-state index in [9.17, 15) is 13.6 Å². The van der Waals surface area contributed by atoms with Crippen molar-refractivity contribution in [2.75, 3.05) is 17.3 Å². The number of carbonyl (C=O) groups is 1. The Bertz CT molecular complexity index is 887. The summed E-state index contributed by atoms with van der Waals surface area (Å²) in [7, 11) is 1.71. The summed E-state index contributed by atoms with van der Waals surface area (Å²) in [5.74, 6) is -1.48. The first-order valence-electron chi connectivity index (χ1n) is 7.25. The van der Waals surface area contributed by atoms with Crippen molar-refractivity contribution in [1.29, 1.82) is 0 Å². The summed E-state index contributed by atoms with van der Waals surface area (Å²) in [4.78, 5) is 25.5. The van der Waals surface area contributed by atoms with Gasteiger partial charge in [0.05, 0.1) is 24.3 Å². The molecule has 126 valence electrons. The molecule has 0 aliphatic heterocycles. The summed E-state index contributed by atoms with van der Waals surface area (Å²) in [6, 6.07) is 6.41. The maximum absolute atomic E-state index is 14.0. The van der Waals surface area contributed by atoms with Gasteiger partial charge in [0.15, 0.2) is 0 Å². The van der Waals surface area contributed by atoms with E-state index in [0.717, 1.165) is 12.3 Å². The smallest absolute Gasteiger partial charge is 0.256 e. The highest BCUT2D eigenvalue weighted by atomic mass is 19.1. The molecule has 6 nitrogen and oxygen atoms in total. The molecule has 1 aromatic carbocycles. The van der Waals surface area contributed by atoms with Crippen LogP contribution in [0.4, 0.5) is 26.0 Å². The first kappa shape index (κ1) is 16.4. The Labute approximate surface area is 142 Å². The van der Waals surface area contributed by atoms with Gasteiger partial charge in [-0.05, 0) is 30.3 Å². The minimum Gasteiger partial charge on any atom is -0.342 e. The molecule has 0 saturated carbocycles. The first-order valence-corrected chi connectivity index (χ1v) is 7.25. The number of halogens is 2. The third kappa shape index (κ3) is 3.92. The van der Waals surface area contributed by atoms with Crippen LogP contribution in [0.1, 0.15) is 10.4 Å². The number of nitrogens with one attached hydrogen (secondary N) is 1. The van der Waals surface area contributed by atoms with Gasteiger partial charge < -0.3 is 10.2 Å². The summed E-state index contributed by atoms with van der Waals surface area (Å²) in [6.07, 6.45) is 5.51. The lowest BCUT2D eigenvalue weighted by atomic mass is 10.1. The minimum atomic E-state index is -0.571. The fourth-order valence-electron chi connectivity index (χ4n) is 2.15. The lowest BCUT2D eigenvalue weighted by Crippen LogP contribution is -2.15. The first-order chi connectivity index (χ1) is 12.0. The Morgan fingerprint density at radius 3 is 2.44 bits per heavy atom. The van der Waals surface area contributed by atoms with Gasteiger partial charge in [0.2, 0.25) is 0 Å². The topological polar surface area (TPSA) is 71.0 Å². The molecule has 0 spiro atoms. The zero-order valence-corrected chi connectivity index (χ0v) is 13.1. The number of nitrogens with zero attached hydrogens (tertiary/aromatic N) is 4. The quantitative estimate of drug-likeness (QED) is 0.789. The van der Waals surface area contributed by atoms with E-state index in [1.165, 1.54) is 30.6 Å². The fourth-order valence-corrected chi connectivity index (χ4v) is 2.15. The van der Waals surface area contributed by atoms with E-state index in [1.807, 2.05) is 0 Å². The fraction of sp³-hybridized carbons (Fsp3) is 0.0588. The van der Waals surface area contributed by atoms with Gasteiger partial charge in [0, 0.05) is 18.3 Å². The number of rotatable bonds is 4. The Morgan fingerprint density at radius 1 is 1.00 bits per heavy atom. The van der Waals surface area contributed by atoms with Crippen molar-refractivity contribution in [2.24, 2.45) is 0 Å². The summed E-state index contributed by atoms with van der Waals surface area (Å²) < 4.78 is 26.8. The molecular formula is C17H13F2N5O. The number of hydrogen-bond donors (Lipinski definition) is 1. The van der Waals surface area contributed by atoms with Crippen LogP contribution < -0.4 is 10.2 Å². The Balaban J connectivity index is 1.86. The lowest BCUT2D eigenvalue weighted by Gasteiger charge is -2.19. The van der Waals surface area contributed by atoms with Crippen molar-refractivity contribution in [2.45, 2.75) is 0 Å². The molecule has 0 aliphatic carbocycles. The van der Waals surface area contributed by atoms with Crippen molar-refractivity contribution in [3.8, 4) is 0 Å². The van der Waals surface area contributed by atoms with E-state index in [4.69, 9.17) is 0 Å². The highest BCUT2D eigenvalue weighted by Gasteiger charge is 2.13. The predicted molar refractivity (Wildman–Crippen MR) is 88.6 cm³/mol. The molecule has 0 aliphatic rings. The van der Waals surface area contributed by atoms with Crippen LogP contribution in [0, 0.1) is 11.6 Å². The van der Waals surface area contributed by atoms with Crippen LogP contribution in [0.15, 0.2) is 55.2 Å². The standard InChI is InChI=1S/C17H13F2N5O/c1-24(15-8-20-10-21-9-15)14-5-11(4-13(19)6-14)17(25)23-16-3-2-12(18)7-22-16/h2-10H,1H3,(H,22,23,25). The molecule has 0 saturated heterocycles. The summed E-state index contributed by atoms with van der Waals surface area (Å²) >= 11 is 0. The van der Waals surface area contributed by atoms with Crippen LogP contribution in [-0.4, -0.2) is 27.9 Å². The zero-order chi connectivity index (χ0) is 17.8. The van der Waals surface area contributed by atoms with Crippen LogP contribution in [0.5, 0.6) is 0 Å². The van der Waals surface area contributed by atoms with Gasteiger partial charge in [-0.3, -0.25) is 4.79 Å². The SMILES string of the molecule is CN(c1cncnc1)c1cc(F)cc(C(=O)Nc2ccc(F)cn2)c1. The Morgan fingerprint density at radius 2 is 1.76 bits per heavy atom. The van der Waals surface area contributed by atoms with Gasteiger partial charge in [-0.15, -0.1) is 0 Å². The van der Waals surface area contributed by atoms with Gasteiger partial charge in [0.1, 0.15) is 23.8 Å². The highest BCUT2D eigenvalue weighted by molar-refractivity contribution is 6.04. The number of hydrogen-bond acceptors (Lipinski definition) is 5. The molecule has 1 N–H and O–H groups in total. The minimum absolute atomic E-state index is 0.102. The van der Waals surface area contributed by atoms with E-state index in [2.05, 4.69) is 20.3 Å². The molecule has 3 aromatic rings. The van der Waals surface area contributed by atoms with Gasteiger partial charge >= 0.3 is 0 Å². The molecule has 3 rings (SSSR count). The molecule has 1 amide bonds. The van der Waals surface area contributed by atoms with E-state index in [1.54, 1.807) is 24.3 Å². The van der Waals surface area contributed by atoms with E-state index in [0.29, 0.717) is 11.4 Å². The van der Waals surface area contributed by atoms with E-state index < -0.39 is 17.5 Å². The normalized spacial score (nSPS) is 10.4. The molecule has 0 bridgehead atoms. The van der Waals surface area contributed by atoms with Crippen LogP contribution in [0.3, 0.4) is 0 Å². The van der Waals surface area contributed by atoms with Crippen LogP contribution in [0.25, 0.3) is 0 Å². The summed E-state index contributed by atoms with van der Waals surface area (Å²) in [5, 5.41) is 2.49. The lowest BCUT2D eigenvalue weighted by molar-refractivity contribution is 0.102. The Kier molecular flexibility index (Phi) is 4.60. The Hall–Kier alpha value is -3.42. The average molecular weight is 341 g/mol. The van der Waals surface area contributed by atoms with Crippen molar-refractivity contribution in [3.05, 3.63) is 72.4 Å². The van der Waals surface area contributed by atoms with Crippen molar-refractivity contribution >= 4 is 23.1 Å². The van der Waals surface area contributed by atoms with Crippen LogP contribution in [0.2, 0.25) is 0 Å². The number of pyridine rings is 1. The predicted octanol–water partition coefficient (Wildman–Crippen LogP) is 3.17. The second kappa shape index (κ2) is 7.00. The van der Waals surface area contributed by atoms with Crippen molar-refractivity contribution < 1.29 is 13.6 Å². The van der Waals surface area contributed by atoms with Gasteiger partial charge in [0.25, 0.3) is 5.91 Å². The monoisotopic (exact) mass is 341 g/mol. The average Bonchev–Trinajstić information content (AvgIpc) is 2.63. The molecule has 0 unspecified atom stereocenters. The number of anilines is 3. The second-order valence-corrected chi connectivity index (χ2v) is 5.17. The molecule has 0 radical (unpaired) electrons. The van der Waals surface area contributed by atoms with Gasteiger partial charge in [-0.25, -0.2) is 23.7 Å². The third-order valence-corrected chi connectivity index (χ3v) is 3.44. The van der Waals surface area contributed by atoms with Gasteiger partial charge in [-0.1, -0.05) is 0 Å². The molecule has 2 heterocycles. The van der Waals surface area contributed by atoms with Crippen molar-refractivity contribution in [1.82, 2.24) is 15.0 Å². The molecular weight excluding hydrogens is 328 g/mol. The summed E-state index contributed by atoms with van der Waals surface area (Å²) in [6.45, 7) is 0. The molecule has 2 aromatic heterocycles. The molecule has 0 atom stereocenters. The second-order valence-electron chi connectivity index (χ2n) is 5.17. The highest BCUT2D eigenvalue weighted by Crippen LogP contribution is 2.24. The van der Waals surface area contributed by atoms with Crippen LogP contribution in [-0.2, 0) is 0 Å². The van der Waals surface area contributed by atoms with Crippen molar-refractivity contribution in [3.63, 3.8) is 0 Å². The van der Waals surface area contributed by atoms with Gasteiger partial charge in [-0.2, -0.15) is 0 Å². The summed E-state index contributed by atoms with van der Waals surface area (Å²) in [5.41, 5.74) is 1.19. The zero-order valence-electron chi connectivity index (χ0n) is 13.1. The van der Waals surface area contributed by atoms with E-state index >= 15 is 0 Å².